The van der Waals surface area contributed by atoms with Gasteiger partial charge in [0.1, 0.15) is 5.75 Å². The fourth-order valence-electron chi connectivity index (χ4n) is 0.568. The van der Waals surface area contributed by atoms with Gasteiger partial charge in [0, 0.05) is 6.07 Å². The maximum atomic E-state index is 10.6. The van der Waals surface area contributed by atoms with Crippen LogP contribution in [0.15, 0.2) is 18.3 Å². The number of rotatable bonds is 1. The molecule has 4 heteroatoms. The molecule has 0 N–H and O–H groups in total. The van der Waals surface area contributed by atoms with E-state index in [-0.39, 0.29) is 5.15 Å². The Bertz CT molecular complexity index is 239. The molecule has 54 valence electrons. The number of hydrogen-bond acceptors (Lipinski definition) is 2. The molecule has 0 fully saturated rings. The molecule has 0 unspecified atom stereocenters. The topological polar surface area (TPSA) is 36.2 Å². The summed E-state index contributed by atoms with van der Waals surface area (Å²) in [7, 11) is 1.51. The smallest absolute Gasteiger partial charge is 0.289 e. The van der Waals surface area contributed by atoms with Crippen LogP contribution in [-0.4, -0.2) is 7.11 Å². The molecule has 0 saturated heterocycles. The van der Waals surface area contributed by atoms with Crippen molar-refractivity contribution >= 4 is 11.6 Å². The van der Waals surface area contributed by atoms with Gasteiger partial charge >= 0.3 is 0 Å². The van der Waals surface area contributed by atoms with Crippen molar-refractivity contribution in [3.63, 3.8) is 0 Å². The van der Waals surface area contributed by atoms with E-state index in [2.05, 4.69) is 0 Å². The Morgan fingerprint density at radius 3 is 2.90 bits per heavy atom. The van der Waals surface area contributed by atoms with Gasteiger partial charge in [0.2, 0.25) is 0 Å². The Kier molecular flexibility index (Phi) is 1.97. The fourth-order valence-corrected chi connectivity index (χ4v) is 0.732. The SMILES string of the molecule is COc1cc[n+]([O-])c(Cl)c1. The molecule has 0 aliphatic carbocycles. The molecule has 1 aromatic heterocycles. The van der Waals surface area contributed by atoms with Gasteiger partial charge in [0.15, 0.2) is 6.20 Å². The lowest BCUT2D eigenvalue weighted by Crippen LogP contribution is -2.26. The van der Waals surface area contributed by atoms with E-state index in [1.807, 2.05) is 0 Å². The first-order valence-electron chi connectivity index (χ1n) is 2.67. The average molecular weight is 160 g/mol. The highest BCUT2D eigenvalue weighted by molar-refractivity contribution is 6.28. The van der Waals surface area contributed by atoms with Crippen molar-refractivity contribution in [2.75, 3.05) is 7.11 Å². The largest absolute Gasteiger partial charge is 0.618 e. The molecular weight excluding hydrogens is 154 g/mol. The lowest BCUT2D eigenvalue weighted by atomic mass is 10.4. The minimum atomic E-state index is 0.111. The van der Waals surface area contributed by atoms with E-state index in [1.165, 1.54) is 19.4 Å². The standard InChI is InChI=1S/C6H6ClNO2/c1-10-5-2-3-8(9)6(7)4-5/h2-4H,1H3. The Hall–Kier alpha value is -0.960. The molecule has 1 heterocycles. The third-order valence-electron chi connectivity index (χ3n) is 1.08. The van der Waals surface area contributed by atoms with E-state index in [1.54, 1.807) is 6.07 Å². The second-order valence-electron chi connectivity index (χ2n) is 1.72. The van der Waals surface area contributed by atoms with Gasteiger partial charge in [-0.15, -0.1) is 0 Å². The summed E-state index contributed by atoms with van der Waals surface area (Å²) in [5.74, 6) is 0.581. The molecule has 0 aliphatic heterocycles. The van der Waals surface area contributed by atoms with Gasteiger partial charge in [-0.1, -0.05) is 0 Å². The molecule has 0 atom stereocenters. The summed E-state index contributed by atoms with van der Waals surface area (Å²) in [6.07, 6.45) is 1.29. The molecule has 1 rings (SSSR count). The third kappa shape index (κ3) is 1.30. The van der Waals surface area contributed by atoms with Crippen LogP contribution >= 0.6 is 11.6 Å². The van der Waals surface area contributed by atoms with Crippen LogP contribution in [0.2, 0.25) is 5.15 Å². The van der Waals surface area contributed by atoms with Crippen molar-refractivity contribution in [3.05, 3.63) is 28.7 Å². The predicted molar refractivity (Wildman–Crippen MR) is 37.0 cm³/mol. The van der Waals surface area contributed by atoms with Crippen molar-refractivity contribution in [3.8, 4) is 5.75 Å². The van der Waals surface area contributed by atoms with Crippen LogP contribution in [0.25, 0.3) is 0 Å². The van der Waals surface area contributed by atoms with E-state index in [0.717, 1.165) is 0 Å². The summed E-state index contributed by atoms with van der Waals surface area (Å²) in [6, 6.07) is 2.99. The van der Waals surface area contributed by atoms with E-state index < -0.39 is 0 Å². The van der Waals surface area contributed by atoms with Crippen molar-refractivity contribution in [1.29, 1.82) is 0 Å². The second-order valence-corrected chi connectivity index (χ2v) is 2.10. The first-order valence-corrected chi connectivity index (χ1v) is 3.04. The molecule has 0 saturated carbocycles. The summed E-state index contributed by atoms with van der Waals surface area (Å²) in [6.45, 7) is 0. The van der Waals surface area contributed by atoms with Crippen molar-refractivity contribution < 1.29 is 9.47 Å². The summed E-state index contributed by atoms with van der Waals surface area (Å²) < 4.78 is 5.37. The van der Waals surface area contributed by atoms with E-state index in [4.69, 9.17) is 16.3 Å². The highest BCUT2D eigenvalue weighted by Gasteiger charge is 2.01. The van der Waals surface area contributed by atoms with Gasteiger partial charge in [-0.3, -0.25) is 0 Å². The summed E-state index contributed by atoms with van der Waals surface area (Å²) in [4.78, 5) is 0. The van der Waals surface area contributed by atoms with Crippen LogP contribution in [-0.2, 0) is 0 Å². The number of aromatic nitrogens is 1. The van der Waals surface area contributed by atoms with Gasteiger partial charge in [-0.05, 0) is 11.6 Å². The summed E-state index contributed by atoms with van der Waals surface area (Å²) in [5.41, 5.74) is 0. The predicted octanol–water partition coefficient (Wildman–Crippen LogP) is 0.982. The van der Waals surface area contributed by atoms with Crippen molar-refractivity contribution in [1.82, 2.24) is 0 Å². The van der Waals surface area contributed by atoms with Crippen LogP contribution < -0.4 is 9.47 Å². The van der Waals surface area contributed by atoms with Crippen molar-refractivity contribution in [2.45, 2.75) is 0 Å². The summed E-state index contributed by atoms with van der Waals surface area (Å²) >= 11 is 5.46. The number of nitrogens with zero attached hydrogens (tertiary/aromatic N) is 1. The maximum absolute atomic E-state index is 10.6. The maximum Gasteiger partial charge on any atom is 0.289 e. The van der Waals surface area contributed by atoms with E-state index in [0.29, 0.717) is 10.5 Å². The molecule has 0 aliphatic rings. The highest BCUT2D eigenvalue weighted by atomic mass is 35.5. The number of halogens is 1. The molecule has 0 bridgehead atoms. The Labute approximate surface area is 63.4 Å². The Balaban J connectivity index is 3.04. The van der Waals surface area contributed by atoms with Gasteiger partial charge < -0.3 is 9.94 Å². The zero-order valence-corrected chi connectivity index (χ0v) is 6.13. The third-order valence-corrected chi connectivity index (χ3v) is 1.36. The van der Waals surface area contributed by atoms with Gasteiger partial charge in [-0.2, -0.15) is 4.73 Å². The highest BCUT2D eigenvalue weighted by Crippen LogP contribution is 2.11. The first kappa shape index (κ1) is 7.15. The normalized spacial score (nSPS) is 9.40. The number of methoxy groups -OCH3 is 1. The zero-order valence-electron chi connectivity index (χ0n) is 5.37. The minimum Gasteiger partial charge on any atom is -0.618 e. The van der Waals surface area contributed by atoms with Crippen LogP contribution in [0.3, 0.4) is 0 Å². The van der Waals surface area contributed by atoms with Gasteiger partial charge in [-0.25, -0.2) is 0 Å². The van der Waals surface area contributed by atoms with E-state index >= 15 is 0 Å². The lowest BCUT2D eigenvalue weighted by molar-refractivity contribution is -0.603. The Morgan fingerprint density at radius 2 is 2.40 bits per heavy atom. The van der Waals surface area contributed by atoms with Crippen molar-refractivity contribution in [2.24, 2.45) is 0 Å². The van der Waals surface area contributed by atoms with Crippen LogP contribution in [0.5, 0.6) is 5.75 Å². The molecule has 0 spiro atoms. The fraction of sp³-hybridized carbons (Fsp3) is 0.167. The first-order chi connectivity index (χ1) is 4.74. The van der Waals surface area contributed by atoms with Crippen LogP contribution in [0, 0.1) is 5.21 Å². The van der Waals surface area contributed by atoms with Crippen LogP contribution in [0.4, 0.5) is 0 Å². The molecule has 3 nitrogen and oxygen atoms in total. The monoisotopic (exact) mass is 159 g/mol. The molecule has 0 radical (unpaired) electrons. The molecule has 10 heavy (non-hydrogen) atoms. The van der Waals surface area contributed by atoms with Gasteiger partial charge in [0.05, 0.1) is 13.2 Å². The lowest BCUT2D eigenvalue weighted by Gasteiger charge is -1.99. The number of hydrogen-bond donors (Lipinski definition) is 0. The minimum absolute atomic E-state index is 0.111. The van der Waals surface area contributed by atoms with Crippen LogP contribution in [0.1, 0.15) is 0 Å². The zero-order chi connectivity index (χ0) is 7.56. The van der Waals surface area contributed by atoms with Gasteiger partial charge in [0.25, 0.3) is 5.15 Å². The van der Waals surface area contributed by atoms with E-state index in [9.17, 15) is 5.21 Å². The molecule has 0 amide bonds. The Morgan fingerprint density at radius 1 is 1.70 bits per heavy atom. The summed E-state index contributed by atoms with van der Waals surface area (Å²) in [5, 5.41) is 10.7. The second kappa shape index (κ2) is 2.75. The quantitative estimate of drug-likeness (QED) is 0.348. The number of pyridine rings is 1. The molecule has 0 aromatic carbocycles. The molecular formula is C6H6ClNO2. The molecule has 1 aromatic rings. The average Bonchev–Trinajstić information content (AvgIpc) is 1.95. The number of ether oxygens (including phenoxy) is 1.